The molecule has 4 atom stereocenters. The molecule has 0 spiro atoms. The third kappa shape index (κ3) is 6.07. The van der Waals surface area contributed by atoms with Crippen molar-refractivity contribution < 1.29 is 49.7 Å². The Morgan fingerprint density at radius 3 is 2.42 bits per heavy atom. The minimum atomic E-state index is -5.01. The largest absolute Gasteiger partial charge is 0.573 e. The zero-order valence-electron chi connectivity index (χ0n) is 19.9. The van der Waals surface area contributed by atoms with Gasteiger partial charge in [-0.15, -0.1) is 13.2 Å². The Morgan fingerprint density at radius 1 is 1.11 bits per heavy atom. The van der Waals surface area contributed by atoms with Crippen molar-refractivity contribution in [3.63, 3.8) is 0 Å². The van der Waals surface area contributed by atoms with Gasteiger partial charge in [-0.25, -0.2) is 9.18 Å². The number of halogens is 7. The van der Waals surface area contributed by atoms with E-state index in [1.54, 1.807) is 0 Å². The minimum absolute atomic E-state index is 0.0588. The summed E-state index contributed by atoms with van der Waals surface area (Å²) in [5, 5.41) is 7.88. The molecule has 0 radical (unpaired) electrons. The van der Waals surface area contributed by atoms with Crippen molar-refractivity contribution in [2.24, 2.45) is 0 Å². The molecule has 0 saturated carbocycles. The number of nitrogens with one attached hydrogen (secondary N) is 3. The van der Waals surface area contributed by atoms with E-state index in [2.05, 4.69) is 20.7 Å². The van der Waals surface area contributed by atoms with Crippen LogP contribution in [-0.2, 0) is 10.3 Å². The number of para-hydroxylation sites is 1. The zero-order chi connectivity index (χ0) is 27.7. The van der Waals surface area contributed by atoms with E-state index < -0.39 is 53.7 Å². The molecule has 7 nitrogen and oxygen atoms in total. The predicted molar refractivity (Wildman–Crippen MR) is 120 cm³/mol. The van der Waals surface area contributed by atoms with Crippen molar-refractivity contribution in [3.05, 3.63) is 53.8 Å². The molecule has 2 aliphatic rings. The van der Waals surface area contributed by atoms with Crippen LogP contribution < -0.4 is 25.4 Å². The van der Waals surface area contributed by atoms with Gasteiger partial charge in [0.15, 0.2) is 11.8 Å². The van der Waals surface area contributed by atoms with Gasteiger partial charge in [0.05, 0.1) is 18.3 Å². The van der Waals surface area contributed by atoms with E-state index in [0.29, 0.717) is 18.9 Å². The van der Waals surface area contributed by atoms with Gasteiger partial charge in [0.2, 0.25) is 0 Å². The van der Waals surface area contributed by atoms with Crippen LogP contribution in [0.1, 0.15) is 31.7 Å². The molecule has 0 aromatic heterocycles. The van der Waals surface area contributed by atoms with E-state index in [9.17, 15) is 35.5 Å². The van der Waals surface area contributed by atoms with Gasteiger partial charge < -0.3 is 24.8 Å². The van der Waals surface area contributed by atoms with Crippen LogP contribution in [0.15, 0.2) is 42.5 Å². The van der Waals surface area contributed by atoms with Crippen molar-refractivity contribution in [2.75, 3.05) is 11.9 Å². The summed E-state index contributed by atoms with van der Waals surface area (Å²) in [6.45, 7) is 1.78. The molecule has 2 aromatic carbocycles. The number of rotatable bonds is 6. The summed E-state index contributed by atoms with van der Waals surface area (Å²) >= 11 is 0. The molecule has 14 heteroatoms. The van der Waals surface area contributed by atoms with Crippen molar-refractivity contribution in [1.82, 2.24) is 10.6 Å². The molecule has 2 heterocycles. The van der Waals surface area contributed by atoms with Gasteiger partial charge in [0, 0.05) is 24.1 Å². The standard InChI is InChI=1S/C24H24F7N3O4/c1-13-6-8-18(34-21(35)33-17-9-7-14(12-16(17)25)38-24(29,30)31)20(32-13)37-19-5-3-2-4-15(19)22(10-11-36-22)23(26,27)28/h2-5,7,9,12-13,18,20,32H,6,8,10-11H2,1H3,(H2,33,34,35)/t13?,18?,20?,22-/m1/s1. The summed E-state index contributed by atoms with van der Waals surface area (Å²) in [6, 6.07) is 6.06. The molecule has 38 heavy (non-hydrogen) atoms. The summed E-state index contributed by atoms with van der Waals surface area (Å²) in [5.74, 6) is -2.04. The second-order valence-corrected chi connectivity index (χ2v) is 9.00. The number of piperidine rings is 1. The van der Waals surface area contributed by atoms with Gasteiger partial charge in [-0.1, -0.05) is 18.2 Å². The molecular weight excluding hydrogens is 527 g/mol. The predicted octanol–water partition coefficient (Wildman–Crippen LogP) is 5.57. The monoisotopic (exact) mass is 551 g/mol. The smallest absolute Gasteiger partial charge is 0.473 e. The van der Waals surface area contributed by atoms with Crippen molar-refractivity contribution in [2.45, 2.75) is 62.6 Å². The normalized spacial score (nSPS) is 25.7. The number of carbonyl (C=O) groups excluding carboxylic acids is 1. The number of alkyl halides is 6. The summed E-state index contributed by atoms with van der Waals surface area (Å²) in [7, 11) is 0. The molecule has 2 fully saturated rings. The summed E-state index contributed by atoms with van der Waals surface area (Å²) in [4.78, 5) is 12.6. The van der Waals surface area contributed by atoms with E-state index in [-0.39, 0.29) is 30.4 Å². The van der Waals surface area contributed by atoms with Gasteiger partial charge >= 0.3 is 18.6 Å². The molecule has 3 unspecified atom stereocenters. The lowest BCUT2D eigenvalue weighted by Crippen LogP contribution is -2.59. The number of hydrogen-bond acceptors (Lipinski definition) is 5. The van der Waals surface area contributed by atoms with Gasteiger partial charge in [-0.05, 0) is 38.0 Å². The van der Waals surface area contributed by atoms with Crippen LogP contribution in [0.2, 0.25) is 0 Å². The van der Waals surface area contributed by atoms with E-state index in [1.807, 2.05) is 6.92 Å². The number of hydrogen-bond donors (Lipinski definition) is 3. The second kappa shape index (κ2) is 10.5. The Labute approximate surface area is 212 Å². The molecule has 2 amide bonds. The van der Waals surface area contributed by atoms with Crippen LogP contribution in [0.25, 0.3) is 0 Å². The Hall–Kier alpha value is -3.26. The molecule has 208 valence electrons. The maximum Gasteiger partial charge on any atom is 0.573 e. The van der Waals surface area contributed by atoms with Gasteiger partial charge in [-0.3, -0.25) is 5.32 Å². The number of urea groups is 1. The van der Waals surface area contributed by atoms with Crippen LogP contribution in [0.3, 0.4) is 0 Å². The van der Waals surface area contributed by atoms with Gasteiger partial charge in [-0.2, -0.15) is 13.2 Å². The molecular formula is C24H24F7N3O4. The zero-order valence-corrected chi connectivity index (χ0v) is 19.9. The van der Waals surface area contributed by atoms with Crippen molar-refractivity contribution in [3.8, 4) is 11.5 Å². The Morgan fingerprint density at radius 2 is 1.82 bits per heavy atom. The average molecular weight is 551 g/mol. The van der Waals surface area contributed by atoms with E-state index in [0.717, 1.165) is 12.1 Å². The summed E-state index contributed by atoms with van der Waals surface area (Å²) in [6.07, 6.45) is -9.96. The molecule has 0 aliphatic carbocycles. The van der Waals surface area contributed by atoms with Crippen molar-refractivity contribution in [1.29, 1.82) is 0 Å². The number of amides is 2. The lowest BCUT2D eigenvalue weighted by atomic mass is 9.85. The lowest BCUT2D eigenvalue weighted by Gasteiger charge is -2.44. The topological polar surface area (TPSA) is 80.9 Å². The van der Waals surface area contributed by atoms with Crippen molar-refractivity contribution >= 4 is 11.7 Å². The van der Waals surface area contributed by atoms with Crippen LogP contribution in [0.5, 0.6) is 11.5 Å². The van der Waals surface area contributed by atoms with Crippen LogP contribution in [0.4, 0.5) is 41.2 Å². The number of carbonyl (C=O) groups is 1. The molecule has 2 saturated heterocycles. The first-order chi connectivity index (χ1) is 17.8. The third-order valence-corrected chi connectivity index (χ3v) is 6.30. The van der Waals surface area contributed by atoms with Crippen LogP contribution >= 0.6 is 0 Å². The van der Waals surface area contributed by atoms with E-state index in [1.165, 1.54) is 24.3 Å². The minimum Gasteiger partial charge on any atom is -0.473 e. The SMILES string of the molecule is CC1CCC(NC(=O)Nc2ccc(OC(F)(F)F)cc2F)C(Oc2ccccc2[C@@]2(C(F)(F)F)CCO2)N1. The fourth-order valence-corrected chi connectivity index (χ4v) is 4.38. The molecule has 4 rings (SSSR count). The fraction of sp³-hybridized carbons (Fsp3) is 0.458. The third-order valence-electron chi connectivity index (χ3n) is 6.30. The summed E-state index contributed by atoms with van der Waals surface area (Å²) < 4.78 is 108. The maximum absolute atomic E-state index is 14.2. The molecule has 2 aliphatic heterocycles. The van der Waals surface area contributed by atoms with E-state index in [4.69, 9.17) is 9.47 Å². The first-order valence-electron chi connectivity index (χ1n) is 11.6. The highest BCUT2D eigenvalue weighted by atomic mass is 19.4. The first kappa shape index (κ1) is 27.8. The maximum atomic E-state index is 14.2. The number of anilines is 1. The highest BCUT2D eigenvalue weighted by molar-refractivity contribution is 5.89. The fourth-order valence-electron chi connectivity index (χ4n) is 4.38. The van der Waals surface area contributed by atoms with Gasteiger partial charge in [0.25, 0.3) is 0 Å². The molecule has 2 aromatic rings. The Balaban J connectivity index is 1.48. The molecule has 3 N–H and O–H groups in total. The van der Waals surface area contributed by atoms with Crippen LogP contribution in [0, 0.1) is 5.82 Å². The quantitative estimate of drug-likeness (QED) is 0.409. The Kier molecular flexibility index (Phi) is 7.66. The molecule has 0 bridgehead atoms. The summed E-state index contributed by atoms with van der Waals surface area (Å²) in [5.41, 5.74) is -3.10. The highest BCUT2D eigenvalue weighted by Gasteiger charge is 2.62. The van der Waals surface area contributed by atoms with E-state index >= 15 is 0 Å². The average Bonchev–Trinajstić information content (AvgIpc) is 2.76. The number of ether oxygens (including phenoxy) is 3. The first-order valence-corrected chi connectivity index (χ1v) is 11.6. The van der Waals surface area contributed by atoms with Crippen LogP contribution in [-0.4, -0.2) is 43.5 Å². The second-order valence-electron chi connectivity index (χ2n) is 9.00. The van der Waals surface area contributed by atoms with Gasteiger partial charge in [0.1, 0.15) is 17.3 Å². The Bertz CT molecular complexity index is 1150. The lowest BCUT2D eigenvalue weighted by molar-refractivity contribution is -0.334. The highest BCUT2D eigenvalue weighted by Crippen LogP contribution is 2.52. The number of benzene rings is 2.